The normalized spacial score (nSPS) is 10.5. The van der Waals surface area contributed by atoms with E-state index in [0.29, 0.717) is 13.2 Å². The number of esters is 1. The Bertz CT molecular complexity index is 738. The molecule has 0 N–H and O–H groups in total. The van der Waals surface area contributed by atoms with Crippen molar-refractivity contribution < 1.29 is 19.1 Å². The highest BCUT2D eigenvalue weighted by atomic mass is 16.5. The van der Waals surface area contributed by atoms with Crippen LogP contribution in [0.3, 0.4) is 0 Å². The standard InChI is InChI=1S/C21H23NO4/c1-3-25-21(24)15-22(2)20(23)14-11-17-9-12-19(13-10-17)26-16-18-7-5-4-6-8-18/h4-14H,3,15-16H2,1-2H3/b14-11+. The number of nitrogens with zero attached hydrogens (tertiary/aromatic N) is 1. The number of carbonyl (C=O) groups is 2. The minimum atomic E-state index is -0.420. The van der Waals surface area contributed by atoms with Gasteiger partial charge < -0.3 is 14.4 Å². The molecule has 0 unspecified atom stereocenters. The van der Waals surface area contributed by atoms with E-state index in [1.54, 1.807) is 20.0 Å². The maximum absolute atomic E-state index is 12.0. The first-order chi connectivity index (χ1) is 12.6. The molecule has 0 heterocycles. The van der Waals surface area contributed by atoms with Gasteiger partial charge >= 0.3 is 5.97 Å². The molecule has 5 heteroatoms. The summed E-state index contributed by atoms with van der Waals surface area (Å²) in [4.78, 5) is 24.7. The molecule has 0 bridgehead atoms. The van der Waals surface area contributed by atoms with Crippen LogP contribution in [-0.4, -0.2) is 37.0 Å². The third kappa shape index (κ3) is 6.43. The number of rotatable bonds is 8. The highest BCUT2D eigenvalue weighted by Gasteiger charge is 2.10. The van der Waals surface area contributed by atoms with Crippen LogP contribution in [0, 0.1) is 0 Å². The highest BCUT2D eigenvalue weighted by molar-refractivity contribution is 5.93. The second-order valence-electron chi connectivity index (χ2n) is 5.68. The number of ether oxygens (including phenoxy) is 2. The summed E-state index contributed by atoms with van der Waals surface area (Å²) in [5, 5.41) is 0. The molecule has 26 heavy (non-hydrogen) atoms. The van der Waals surface area contributed by atoms with Gasteiger partial charge in [-0.05, 0) is 36.3 Å². The summed E-state index contributed by atoms with van der Waals surface area (Å²) in [6.45, 7) is 2.47. The van der Waals surface area contributed by atoms with Gasteiger partial charge in [-0.25, -0.2) is 0 Å². The Kier molecular flexibility index (Phi) is 7.43. The Morgan fingerprint density at radius 2 is 1.73 bits per heavy atom. The average Bonchev–Trinajstić information content (AvgIpc) is 2.66. The number of carbonyl (C=O) groups excluding carboxylic acids is 2. The number of likely N-dealkylation sites (N-methyl/N-ethyl adjacent to an activating group) is 1. The van der Waals surface area contributed by atoms with E-state index in [1.807, 2.05) is 54.6 Å². The third-order valence-electron chi connectivity index (χ3n) is 3.59. The van der Waals surface area contributed by atoms with Crippen molar-refractivity contribution in [3.05, 3.63) is 71.8 Å². The predicted molar refractivity (Wildman–Crippen MR) is 101 cm³/mol. The smallest absolute Gasteiger partial charge is 0.325 e. The fourth-order valence-corrected chi connectivity index (χ4v) is 2.19. The molecular formula is C21H23NO4. The van der Waals surface area contributed by atoms with Crippen molar-refractivity contribution >= 4 is 18.0 Å². The Labute approximate surface area is 153 Å². The van der Waals surface area contributed by atoms with Crippen molar-refractivity contribution in [2.24, 2.45) is 0 Å². The summed E-state index contributed by atoms with van der Waals surface area (Å²) in [5.41, 5.74) is 1.97. The van der Waals surface area contributed by atoms with E-state index in [0.717, 1.165) is 16.9 Å². The maximum atomic E-state index is 12.0. The lowest BCUT2D eigenvalue weighted by atomic mass is 10.2. The van der Waals surface area contributed by atoms with Crippen molar-refractivity contribution in [3.63, 3.8) is 0 Å². The fourth-order valence-electron chi connectivity index (χ4n) is 2.19. The van der Waals surface area contributed by atoms with Gasteiger partial charge in [0.2, 0.25) is 5.91 Å². The number of benzene rings is 2. The second kappa shape index (κ2) is 10.0. The Morgan fingerprint density at radius 3 is 2.38 bits per heavy atom. The lowest BCUT2D eigenvalue weighted by Gasteiger charge is -2.13. The van der Waals surface area contributed by atoms with Crippen LogP contribution in [-0.2, 0) is 20.9 Å². The molecule has 0 fully saturated rings. The first-order valence-corrected chi connectivity index (χ1v) is 8.44. The van der Waals surface area contributed by atoms with Gasteiger partial charge in [0.25, 0.3) is 0 Å². The molecule has 0 atom stereocenters. The monoisotopic (exact) mass is 353 g/mol. The van der Waals surface area contributed by atoms with E-state index in [1.165, 1.54) is 11.0 Å². The van der Waals surface area contributed by atoms with E-state index in [2.05, 4.69) is 0 Å². The van der Waals surface area contributed by atoms with E-state index in [9.17, 15) is 9.59 Å². The topological polar surface area (TPSA) is 55.8 Å². The minimum absolute atomic E-state index is 0.0662. The highest BCUT2D eigenvalue weighted by Crippen LogP contribution is 2.15. The molecule has 0 saturated heterocycles. The zero-order valence-corrected chi connectivity index (χ0v) is 15.1. The summed E-state index contributed by atoms with van der Waals surface area (Å²) in [6, 6.07) is 17.4. The van der Waals surface area contributed by atoms with Crippen molar-refractivity contribution in [1.29, 1.82) is 0 Å². The molecular weight excluding hydrogens is 330 g/mol. The zero-order valence-electron chi connectivity index (χ0n) is 15.1. The van der Waals surface area contributed by atoms with Crippen LogP contribution in [0.1, 0.15) is 18.1 Å². The van der Waals surface area contributed by atoms with Crippen LogP contribution in [0.4, 0.5) is 0 Å². The van der Waals surface area contributed by atoms with Gasteiger partial charge in [-0.2, -0.15) is 0 Å². The Balaban J connectivity index is 1.84. The molecule has 2 aromatic rings. The molecule has 0 saturated carbocycles. The van der Waals surface area contributed by atoms with Crippen LogP contribution in [0.2, 0.25) is 0 Å². The third-order valence-corrected chi connectivity index (χ3v) is 3.59. The van der Waals surface area contributed by atoms with Gasteiger partial charge in [0.15, 0.2) is 0 Å². The van der Waals surface area contributed by atoms with Crippen LogP contribution >= 0.6 is 0 Å². The van der Waals surface area contributed by atoms with E-state index in [-0.39, 0.29) is 12.5 Å². The van der Waals surface area contributed by atoms with E-state index < -0.39 is 5.97 Å². The van der Waals surface area contributed by atoms with Gasteiger partial charge in [-0.15, -0.1) is 0 Å². The molecule has 0 radical (unpaired) electrons. The summed E-state index contributed by atoms with van der Waals surface area (Å²) in [6.07, 6.45) is 3.13. The largest absolute Gasteiger partial charge is 0.489 e. The number of hydrogen-bond acceptors (Lipinski definition) is 4. The van der Waals surface area contributed by atoms with E-state index in [4.69, 9.17) is 9.47 Å². The first kappa shape index (κ1) is 19.2. The second-order valence-corrected chi connectivity index (χ2v) is 5.68. The lowest BCUT2D eigenvalue weighted by molar-refractivity contribution is -0.146. The average molecular weight is 353 g/mol. The van der Waals surface area contributed by atoms with E-state index >= 15 is 0 Å². The predicted octanol–water partition coefficient (Wildman–Crippen LogP) is 3.30. The quantitative estimate of drug-likeness (QED) is 0.540. The van der Waals surface area contributed by atoms with Gasteiger partial charge in [-0.1, -0.05) is 42.5 Å². The minimum Gasteiger partial charge on any atom is -0.489 e. The lowest BCUT2D eigenvalue weighted by Crippen LogP contribution is -2.31. The molecule has 2 aromatic carbocycles. The van der Waals surface area contributed by atoms with Crippen molar-refractivity contribution in [2.45, 2.75) is 13.5 Å². The summed E-state index contributed by atoms with van der Waals surface area (Å²) >= 11 is 0. The molecule has 0 spiro atoms. The molecule has 0 aliphatic carbocycles. The van der Waals surface area contributed by atoms with Gasteiger partial charge in [0.1, 0.15) is 18.9 Å². The van der Waals surface area contributed by atoms with Gasteiger partial charge in [0, 0.05) is 13.1 Å². The summed E-state index contributed by atoms with van der Waals surface area (Å²) in [7, 11) is 1.56. The van der Waals surface area contributed by atoms with Crippen molar-refractivity contribution in [2.75, 3.05) is 20.2 Å². The van der Waals surface area contributed by atoms with Crippen LogP contribution in [0.5, 0.6) is 5.75 Å². The molecule has 0 aromatic heterocycles. The molecule has 136 valence electrons. The summed E-state index contributed by atoms with van der Waals surface area (Å²) < 4.78 is 10.5. The Hall–Kier alpha value is -3.08. The summed E-state index contributed by atoms with van der Waals surface area (Å²) in [5.74, 6) is 0.0795. The number of hydrogen-bond donors (Lipinski definition) is 0. The van der Waals surface area contributed by atoms with Gasteiger partial charge in [0.05, 0.1) is 6.61 Å². The van der Waals surface area contributed by atoms with Crippen LogP contribution < -0.4 is 4.74 Å². The van der Waals surface area contributed by atoms with Crippen LogP contribution in [0.25, 0.3) is 6.08 Å². The molecule has 0 aliphatic heterocycles. The Morgan fingerprint density at radius 1 is 1.04 bits per heavy atom. The fraction of sp³-hybridized carbons (Fsp3) is 0.238. The molecule has 0 aliphatic rings. The van der Waals surface area contributed by atoms with Crippen molar-refractivity contribution in [1.82, 2.24) is 4.90 Å². The molecule has 2 rings (SSSR count). The maximum Gasteiger partial charge on any atom is 0.325 e. The van der Waals surface area contributed by atoms with Crippen molar-refractivity contribution in [3.8, 4) is 5.75 Å². The van der Waals surface area contributed by atoms with Gasteiger partial charge in [-0.3, -0.25) is 9.59 Å². The zero-order chi connectivity index (χ0) is 18.8. The number of amides is 1. The molecule has 5 nitrogen and oxygen atoms in total. The van der Waals surface area contributed by atoms with Crippen LogP contribution in [0.15, 0.2) is 60.7 Å². The SMILES string of the molecule is CCOC(=O)CN(C)C(=O)/C=C/c1ccc(OCc2ccccc2)cc1. The molecule has 1 amide bonds. The first-order valence-electron chi connectivity index (χ1n) is 8.44.